The van der Waals surface area contributed by atoms with E-state index >= 15 is 0 Å². The maximum Gasteiger partial charge on any atom is 0.0567 e. The first-order valence-corrected chi connectivity index (χ1v) is 19.4. The van der Waals surface area contributed by atoms with Crippen LogP contribution < -0.4 is 0 Å². The van der Waals surface area contributed by atoms with Gasteiger partial charge in [-0.05, 0) is 92.4 Å². The number of aromatic amines is 5. The number of H-pyrrole nitrogens is 5. The predicted octanol–water partition coefficient (Wildman–Crippen LogP) is 13.2. The second-order valence-electron chi connectivity index (χ2n) is 16.4. The van der Waals surface area contributed by atoms with Crippen LogP contribution in [0.15, 0.2) is 121 Å². The molecule has 5 aromatic heterocycles. The zero-order chi connectivity index (χ0) is 37.4. The first-order valence-electron chi connectivity index (χ1n) is 19.4. The number of fused-ring (bicyclic) bond motifs is 8. The van der Waals surface area contributed by atoms with Crippen LogP contribution in [0.5, 0.6) is 0 Å². The fourth-order valence-electron chi connectivity index (χ4n) is 10.3. The number of allylic oxidation sites excluding steroid dienone is 2. The normalized spacial score (nSPS) is 17.1. The highest BCUT2D eigenvalue weighted by molar-refractivity contribution is 6.19. The summed E-state index contributed by atoms with van der Waals surface area (Å²) in [5.74, 6) is 0. The van der Waals surface area contributed by atoms with Crippen LogP contribution in [-0.4, -0.2) is 24.9 Å². The number of rotatable bonds is 4. The lowest BCUT2D eigenvalue weighted by Crippen LogP contribution is -2.47. The van der Waals surface area contributed by atoms with Crippen molar-refractivity contribution in [3.63, 3.8) is 0 Å². The van der Waals surface area contributed by atoms with E-state index in [0.717, 1.165) is 27.9 Å². The number of hydrogen-bond acceptors (Lipinski definition) is 0. The molecular formula is C50H43N5. The van der Waals surface area contributed by atoms with Crippen LogP contribution in [0.4, 0.5) is 0 Å². The number of para-hydroxylation sites is 4. The third kappa shape index (κ3) is 4.13. The van der Waals surface area contributed by atoms with E-state index in [0.29, 0.717) is 0 Å². The Labute approximate surface area is 319 Å². The Morgan fingerprint density at radius 1 is 0.509 bits per heavy atom. The van der Waals surface area contributed by atoms with Gasteiger partial charge in [0.2, 0.25) is 0 Å². The number of hydrogen-bond donors (Lipinski definition) is 5. The van der Waals surface area contributed by atoms with Crippen molar-refractivity contribution in [3.05, 3.63) is 155 Å². The van der Waals surface area contributed by atoms with E-state index in [1.165, 1.54) is 93.9 Å². The molecule has 0 fully saturated rings. The van der Waals surface area contributed by atoms with E-state index in [1.807, 2.05) is 0 Å². The summed E-state index contributed by atoms with van der Waals surface area (Å²) in [4.78, 5) is 19.5. The number of aromatic nitrogens is 5. The molecule has 268 valence electrons. The highest BCUT2D eigenvalue weighted by Crippen LogP contribution is 2.61. The second-order valence-corrected chi connectivity index (χ2v) is 16.4. The molecule has 10 aromatic rings. The summed E-state index contributed by atoms with van der Waals surface area (Å²) in [5.41, 5.74) is 19.8. The fraction of sp³-hybridized carbons (Fsp3) is 0.160. The minimum Gasteiger partial charge on any atom is -0.364 e. The molecule has 5 heteroatoms. The highest BCUT2D eigenvalue weighted by Gasteiger charge is 2.54. The van der Waals surface area contributed by atoms with Crippen LogP contribution >= 0.6 is 0 Å². The zero-order valence-corrected chi connectivity index (χ0v) is 32.0. The minimum atomic E-state index is -0.438. The topological polar surface area (TPSA) is 78.9 Å². The quantitative estimate of drug-likeness (QED) is 0.120. The third-order valence-corrected chi connectivity index (χ3v) is 13.5. The molecular weight excluding hydrogens is 671 g/mol. The molecule has 5 N–H and O–H groups in total. The number of benzene rings is 5. The third-order valence-electron chi connectivity index (χ3n) is 13.5. The largest absolute Gasteiger partial charge is 0.364 e. The smallest absolute Gasteiger partial charge is 0.0567 e. The summed E-state index contributed by atoms with van der Waals surface area (Å²) >= 11 is 0. The molecule has 1 aliphatic carbocycles. The van der Waals surface area contributed by atoms with Crippen molar-refractivity contribution < 1.29 is 0 Å². The molecule has 1 atom stereocenters. The van der Waals surface area contributed by atoms with Crippen molar-refractivity contribution in [1.82, 2.24) is 24.9 Å². The van der Waals surface area contributed by atoms with Gasteiger partial charge in [0, 0.05) is 106 Å². The Hall–Kier alpha value is -6.46. The predicted molar refractivity (Wildman–Crippen MR) is 232 cm³/mol. The van der Waals surface area contributed by atoms with Gasteiger partial charge in [0.1, 0.15) is 0 Å². The Morgan fingerprint density at radius 2 is 1.13 bits per heavy atom. The van der Waals surface area contributed by atoms with Gasteiger partial charge in [0.25, 0.3) is 0 Å². The Balaban J connectivity index is 1.33. The molecule has 1 aliphatic rings. The van der Waals surface area contributed by atoms with Crippen LogP contribution in [0.1, 0.15) is 61.3 Å². The Bertz CT molecular complexity index is 3160. The molecule has 0 aliphatic heterocycles. The molecule has 0 saturated carbocycles. The maximum atomic E-state index is 4.22. The van der Waals surface area contributed by atoms with Crippen LogP contribution in [0.25, 0.3) is 88.2 Å². The molecule has 11 rings (SSSR count). The molecule has 0 saturated heterocycles. The van der Waals surface area contributed by atoms with Crippen molar-refractivity contribution >= 4 is 65.7 Å². The Kier molecular flexibility index (Phi) is 6.43. The van der Waals surface area contributed by atoms with Gasteiger partial charge in [0.05, 0.1) is 11.0 Å². The first kappa shape index (κ1) is 32.0. The van der Waals surface area contributed by atoms with E-state index in [9.17, 15) is 0 Å². The van der Waals surface area contributed by atoms with Gasteiger partial charge in [-0.2, -0.15) is 0 Å². The van der Waals surface area contributed by atoms with Gasteiger partial charge in [-0.3, -0.25) is 0 Å². The van der Waals surface area contributed by atoms with Gasteiger partial charge in [-0.1, -0.05) is 86.6 Å². The van der Waals surface area contributed by atoms with Gasteiger partial charge in [-0.15, -0.1) is 0 Å². The van der Waals surface area contributed by atoms with E-state index in [-0.39, 0.29) is 5.41 Å². The van der Waals surface area contributed by atoms with Gasteiger partial charge in [0.15, 0.2) is 0 Å². The van der Waals surface area contributed by atoms with Crippen LogP contribution in [0.2, 0.25) is 0 Å². The average Bonchev–Trinajstić information content (AvgIpc) is 4.03. The monoisotopic (exact) mass is 713 g/mol. The first-order chi connectivity index (χ1) is 26.7. The van der Waals surface area contributed by atoms with Crippen LogP contribution in [0.3, 0.4) is 0 Å². The van der Waals surface area contributed by atoms with Crippen molar-refractivity contribution in [3.8, 4) is 22.5 Å². The Morgan fingerprint density at radius 3 is 1.80 bits per heavy atom. The zero-order valence-electron chi connectivity index (χ0n) is 32.0. The second kappa shape index (κ2) is 11.0. The lowest BCUT2D eigenvalue weighted by atomic mass is 9.53. The molecule has 0 bridgehead atoms. The summed E-state index contributed by atoms with van der Waals surface area (Å²) in [6, 6.07) is 41.8. The molecule has 55 heavy (non-hydrogen) atoms. The van der Waals surface area contributed by atoms with Gasteiger partial charge < -0.3 is 24.9 Å². The summed E-state index contributed by atoms with van der Waals surface area (Å²) in [6.45, 7) is 14.3. The molecule has 1 unspecified atom stereocenters. The number of nitrogens with one attached hydrogen (secondary N) is 5. The van der Waals surface area contributed by atoms with E-state index < -0.39 is 5.41 Å². The minimum absolute atomic E-state index is 0.382. The standard InChI is InChI=1S/C50H43N5/c1-27-28(2)42(39-26-31-16-8-11-21-36(31)53-39)47-44(41(27)38-25-30-15-7-10-20-35(30)52-38)43-29(3)45(50(6,40-23-14-24-51-40)49(4,5)48(43)55-47)34-19-13-18-33-32-17-9-12-22-37(32)54-46(33)34/h7-26,51-55H,1-6H3. The van der Waals surface area contributed by atoms with Crippen molar-refractivity contribution in [2.75, 3.05) is 0 Å². The fourth-order valence-corrected chi connectivity index (χ4v) is 10.3. The summed E-state index contributed by atoms with van der Waals surface area (Å²) in [7, 11) is 0. The molecule has 0 radical (unpaired) electrons. The van der Waals surface area contributed by atoms with Crippen LogP contribution in [-0.2, 0) is 10.8 Å². The van der Waals surface area contributed by atoms with E-state index in [1.54, 1.807) is 0 Å². The van der Waals surface area contributed by atoms with E-state index in [2.05, 4.69) is 188 Å². The lowest BCUT2D eigenvalue weighted by molar-refractivity contribution is 0.337. The molecule has 0 spiro atoms. The molecule has 5 nitrogen and oxygen atoms in total. The van der Waals surface area contributed by atoms with E-state index in [4.69, 9.17) is 0 Å². The molecule has 5 heterocycles. The molecule has 0 amide bonds. The van der Waals surface area contributed by atoms with Crippen molar-refractivity contribution in [1.29, 1.82) is 0 Å². The molecule has 5 aromatic carbocycles. The summed E-state index contributed by atoms with van der Waals surface area (Å²) in [6.07, 6.45) is 2.07. The summed E-state index contributed by atoms with van der Waals surface area (Å²) < 4.78 is 0. The van der Waals surface area contributed by atoms with Crippen LogP contribution in [0, 0.1) is 13.8 Å². The maximum absolute atomic E-state index is 4.22. The lowest BCUT2D eigenvalue weighted by Gasteiger charge is -2.50. The van der Waals surface area contributed by atoms with Crippen molar-refractivity contribution in [2.45, 2.75) is 52.4 Å². The average molecular weight is 714 g/mol. The van der Waals surface area contributed by atoms with Crippen molar-refractivity contribution in [2.24, 2.45) is 0 Å². The van der Waals surface area contributed by atoms with Gasteiger partial charge >= 0.3 is 0 Å². The summed E-state index contributed by atoms with van der Waals surface area (Å²) in [5, 5.41) is 6.18. The highest BCUT2D eigenvalue weighted by atomic mass is 14.8. The SMILES string of the molecule is CC1=C(c2cccc3c2[nH]c2ccccc23)C(C)(c2ccc[nH]2)C(C)(C)c2[nH]c3c(-c4cc5ccccc5[nH]4)c(C)c(C)c(-c4cc5ccccc5[nH]4)c3c21. The van der Waals surface area contributed by atoms with Gasteiger partial charge in [-0.25, -0.2) is 0 Å².